The molecule has 0 fully saturated rings. The van der Waals surface area contributed by atoms with Crippen molar-refractivity contribution in [2.75, 3.05) is 0 Å². The van der Waals surface area contributed by atoms with Crippen molar-refractivity contribution in [1.82, 2.24) is 4.98 Å². The number of aromatic amines is 1. The van der Waals surface area contributed by atoms with E-state index in [1.54, 1.807) is 12.3 Å². The largest absolute Gasteiger partial charge is 0.361 e. The number of hydrogen-bond donors (Lipinski definition) is 1. The molecule has 1 N–H and O–H groups in total. The van der Waals surface area contributed by atoms with Gasteiger partial charge in [0, 0.05) is 21.9 Å². The van der Waals surface area contributed by atoms with E-state index in [4.69, 9.17) is 10.5 Å². The second-order valence-corrected chi connectivity index (χ2v) is 3.31. The van der Waals surface area contributed by atoms with Gasteiger partial charge in [0.2, 0.25) is 0 Å². The summed E-state index contributed by atoms with van der Waals surface area (Å²) in [7, 11) is 0. The zero-order valence-electron chi connectivity index (χ0n) is 6.71. The van der Waals surface area contributed by atoms with Crippen molar-refractivity contribution in [1.29, 1.82) is 10.5 Å². The van der Waals surface area contributed by atoms with E-state index in [1.165, 1.54) is 0 Å². The first-order valence-electron chi connectivity index (χ1n) is 3.58. The highest BCUT2D eigenvalue weighted by atomic mass is 79.9. The number of nitrogens with one attached hydrogen (secondary N) is 1. The molecule has 1 aromatic heterocycles. The van der Waals surface area contributed by atoms with Gasteiger partial charge in [-0.3, -0.25) is 0 Å². The zero-order valence-corrected chi connectivity index (χ0v) is 8.30. The Kier molecular flexibility index (Phi) is 3.31. The van der Waals surface area contributed by atoms with E-state index in [2.05, 4.69) is 20.9 Å². The molecule has 0 radical (unpaired) electrons. The molecule has 0 aliphatic rings. The second-order valence-electron chi connectivity index (χ2n) is 2.39. The third-order valence-corrected chi connectivity index (χ3v) is 1.87. The molecular formula is C9H6BrN3. The summed E-state index contributed by atoms with van der Waals surface area (Å²) in [6, 6.07) is 5.74. The van der Waals surface area contributed by atoms with Crippen molar-refractivity contribution >= 4 is 22.0 Å². The Morgan fingerprint density at radius 2 is 2.38 bits per heavy atom. The van der Waals surface area contributed by atoms with E-state index in [0.29, 0.717) is 5.57 Å². The fourth-order valence-electron chi connectivity index (χ4n) is 0.863. The molecule has 4 heteroatoms. The lowest BCUT2D eigenvalue weighted by atomic mass is 10.2. The number of nitriles is 2. The van der Waals surface area contributed by atoms with E-state index in [9.17, 15) is 0 Å². The molecule has 0 unspecified atom stereocenters. The molecule has 1 rings (SSSR count). The number of halogens is 1. The maximum absolute atomic E-state index is 8.63. The van der Waals surface area contributed by atoms with Gasteiger partial charge in [-0.25, -0.2) is 0 Å². The van der Waals surface area contributed by atoms with E-state index >= 15 is 0 Å². The van der Waals surface area contributed by atoms with Gasteiger partial charge in [0.15, 0.2) is 0 Å². The first kappa shape index (κ1) is 9.57. The van der Waals surface area contributed by atoms with Crippen molar-refractivity contribution in [2.24, 2.45) is 0 Å². The molecule has 64 valence electrons. The van der Waals surface area contributed by atoms with E-state index in [0.717, 1.165) is 10.2 Å². The van der Waals surface area contributed by atoms with Gasteiger partial charge in [0.1, 0.15) is 0 Å². The third kappa shape index (κ3) is 2.77. The van der Waals surface area contributed by atoms with Crippen LogP contribution in [0.1, 0.15) is 12.1 Å². The predicted octanol–water partition coefficient (Wildman–Crippen LogP) is 2.60. The van der Waals surface area contributed by atoms with E-state index in [1.807, 2.05) is 18.2 Å². The Hall–Kier alpha value is -1.52. The number of hydrogen-bond acceptors (Lipinski definition) is 2. The molecule has 0 saturated heterocycles. The standard InChI is InChI=1S/C9H6BrN3/c10-8-4-9(13-6-8)3-7(5-12)1-2-11/h3-4,6,13H,1H2/b7-3+. The summed E-state index contributed by atoms with van der Waals surface area (Å²) < 4.78 is 0.924. The summed E-state index contributed by atoms with van der Waals surface area (Å²) in [5.41, 5.74) is 1.27. The van der Waals surface area contributed by atoms with Crippen LogP contribution in [0.15, 0.2) is 22.3 Å². The average Bonchev–Trinajstić information content (AvgIpc) is 2.50. The molecule has 1 aromatic rings. The van der Waals surface area contributed by atoms with E-state index in [-0.39, 0.29) is 6.42 Å². The van der Waals surface area contributed by atoms with Crippen LogP contribution in [-0.4, -0.2) is 4.98 Å². The molecule has 13 heavy (non-hydrogen) atoms. The average molecular weight is 236 g/mol. The minimum absolute atomic E-state index is 0.146. The lowest BCUT2D eigenvalue weighted by Crippen LogP contribution is -1.77. The van der Waals surface area contributed by atoms with Gasteiger partial charge in [-0.15, -0.1) is 0 Å². The smallest absolute Gasteiger partial charge is 0.0958 e. The van der Waals surface area contributed by atoms with Crippen molar-refractivity contribution in [3.8, 4) is 12.1 Å². The maximum atomic E-state index is 8.63. The van der Waals surface area contributed by atoms with E-state index < -0.39 is 0 Å². The van der Waals surface area contributed by atoms with Crippen LogP contribution < -0.4 is 0 Å². The third-order valence-electron chi connectivity index (χ3n) is 1.41. The lowest BCUT2D eigenvalue weighted by molar-refractivity contribution is 1.27. The van der Waals surface area contributed by atoms with Crippen LogP contribution in [-0.2, 0) is 0 Å². The van der Waals surface area contributed by atoms with Gasteiger partial charge in [-0.2, -0.15) is 10.5 Å². The van der Waals surface area contributed by atoms with Crippen molar-refractivity contribution in [3.63, 3.8) is 0 Å². The molecule has 0 bridgehead atoms. The van der Waals surface area contributed by atoms with Gasteiger partial charge >= 0.3 is 0 Å². The molecule has 0 amide bonds. The highest BCUT2D eigenvalue weighted by molar-refractivity contribution is 9.10. The minimum atomic E-state index is 0.146. The number of rotatable bonds is 2. The maximum Gasteiger partial charge on any atom is 0.0958 e. The number of nitrogens with zero attached hydrogens (tertiary/aromatic N) is 2. The van der Waals surface area contributed by atoms with Crippen LogP contribution in [0.4, 0.5) is 0 Å². The number of allylic oxidation sites excluding steroid dienone is 1. The Bertz CT molecular complexity index is 403. The van der Waals surface area contributed by atoms with Crippen molar-refractivity contribution < 1.29 is 0 Å². The van der Waals surface area contributed by atoms with Crippen LogP contribution in [0.2, 0.25) is 0 Å². The summed E-state index contributed by atoms with van der Waals surface area (Å²) in [6.45, 7) is 0. The van der Waals surface area contributed by atoms with Crippen LogP contribution in [0.5, 0.6) is 0 Å². The van der Waals surface area contributed by atoms with Crippen LogP contribution >= 0.6 is 15.9 Å². The second kappa shape index (κ2) is 4.49. The molecule has 3 nitrogen and oxygen atoms in total. The molecule has 0 aromatic carbocycles. The Morgan fingerprint density at radius 1 is 1.62 bits per heavy atom. The molecular weight excluding hydrogens is 230 g/mol. The van der Waals surface area contributed by atoms with Crippen LogP contribution in [0.25, 0.3) is 6.08 Å². The lowest BCUT2D eigenvalue weighted by Gasteiger charge is -1.87. The van der Waals surface area contributed by atoms with Crippen molar-refractivity contribution in [3.05, 3.63) is 28.0 Å². The summed E-state index contributed by atoms with van der Waals surface area (Å²) >= 11 is 3.27. The molecule has 0 atom stereocenters. The predicted molar refractivity (Wildman–Crippen MR) is 52.3 cm³/mol. The molecule has 1 heterocycles. The Labute approximate surface area is 84.4 Å². The zero-order chi connectivity index (χ0) is 9.68. The minimum Gasteiger partial charge on any atom is -0.361 e. The fraction of sp³-hybridized carbons (Fsp3) is 0.111. The number of H-pyrrole nitrogens is 1. The van der Waals surface area contributed by atoms with Gasteiger partial charge in [0.05, 0.1) is 18.6 Å². The van der Waals surface area contributed by atoms with Crippen LogP contribution in [0, 0.1) is 22.7 Å². The quantitative estimate of drug-likeness (QED) is 0.802. The summed E-state index contributed by atoms with van der Waals surface area (Å²) in [6.07, 6.45) is 3.58. The highest BCUT2D eigenvalue weighted by Crippen LogP contribution is 2.14. The van der Waals surface area contributed by atoms with Gasteiger partial charge in [0.25, 0.3) is 0 Å². The molecule has 0 spiro atoms. The first-order chi connectivity index (χ1) is 6.26. The Balaban J connectivity index is 2.87. The first-order valence-corrected chi connectivity index (χ1v) is 4.37. The summed E-state index contributed by atoms with van der Waals surface area (Å²) in [5.74, 6) is 0. The van der Waals surface area contributed by atoms with Crippen LogP contribution in [0.3, 0.4) is 0 Å². The van der Waals surface area contributed by atoms with Gasteiger partial charge in [-0.05, 0) is 28.1 Å². The fourth-order valence-corrected chi connectivity index (χ4v) is 1.22. The molecule has 0 aliphatic carbocycles. The summed E-state index contributed by atoms with van der Waals surface area (Å²) in [5, 5.41) is 17.0. The van der Waals surface area contributed by atoms with Gasteiger partial charge in [-0.1, -0.05) is 0 Å². The van der Waals surface area contributed by atoms with Gasteiger partial charge < -0.3 is 4.98 Å². The highest BCUT2D eigenvalue weighted by Gasteiger charge is 1.97. The Morgan fingerprint density at radius 3 is 2.85 bits per heavy atom. The normalized spacial score (nSPS) is 10.5. The topological polar surface area (TPSA) is 63.4 Å². The van der Waals surface area contributed by atoms with Crippen molar-refractivity contribution in [2.45, 2.75) is 6.42 Å². The monoisotopic (exact) mass is 235 g/mol. The molecule has 0 aliphatic heterocycles. The summed E-state index contributed by atoms with van der Waals surface area (Å²) in [4.78, 5) is 2.94. The SMILES string of the molecule is N#CC/C(C#N)=C\c1cc(Br)c[nH]1. The number of aromatic nitrogens is 1. The molecule has 0 saturated carbocycles.